The van der Waals surface area contributed by atoms with Gasteiger partial charge < -0.3 is 10.0 Å². The summed E-state index contributed by atoms with van der Waals surface area (Å²) in [6, 6.07) is 0. The smallest absolute Gasteiger partial charge is 0.329 e. The van der Waals surface area contributed by atoms with Crippen LogP contribution in [0.4, 0.5) is 0 Å². The van der Waals surface area contributed by atoms with Crippen molar-refractivity contribution in [1.82, 2.24) is 9.88 Å². The maximum absolute atomic E-state index is 12.2. The zero-order valence-corrected chi connectivity index (χ0v) is 11.1. The van der Waals surface area contributed by atoms with Gasteiger partial charge in [-0.2, -0.15) is 0 Å². The molecule has 1 aliphatic rings. The number of hydrogen-bond acceptors (Lipinski definition) is 4. The van der Waals surface area contributed by atoms with E-state index in [2.05, 4.69) is 4.98 Å². The van der Waals surface area contributed by atoms with Gasteiger partial charge in [-0.3, -0.25) is 4.79 Å². The van der Waals surface area contributed by atoms with Crippen LogP contribution >= 0.6 is 11.3 Å². The Balaban J connectivity index is 2.26. The number of aromatic nitrogens is 1. The molecule has 1 saturated carbocycles. The van der Waals surface area contributed by atoms with Gasteiger partial charge in [0.1, 0.15) is 11.2 Å². The summed E-state index contributed by atoms with van der Waals surface area (Å²) < 4.78 is 0. The highest BCUT2D eigenvalue weighted by molar-refractivity contribution is 7.07. The van der Waals surface area contributed by atoms with Crippen LogP contribution in [0.2, 0.25) is 0 Å². The predicted molar refractivity (Wildman–Crippen MR) is 67.7 cm³/mol. The Bertz CT molecular complexity index is 438. The molecule has 0 aliphatic heterocycles. The van der Waals surface area contributed by atoms with Crippen LogP contribution in [0.15, 0.2) is 10.9 Å². The first-order valence-electron chi connectivity index (χ1n) is 5.98. The van der Waals surface area contributed by atoms with Gasteiger partial charge in [0, 0.05) is 12.4 Å². The van der Waals surface area contributed by atoms with E-state index < -0.39 is 11.5 Å². The molecule has 0 unspecified atom stereocenters. The van der Waals surface area contributed by atoms with Gasteiger partial charge in [-0.1, -0.05) is 19.3 Å². The van der Waals surface area contributed by atoms with Crippen molar-refractivity contribution in [3.8, 4) is 0 Å². The number of thiazole rings is 1. The van der Waals surface area contributed by atoms with E-state index in [0.717, 1.165) is 19.3 Å². The summed E-state index contributed by atoms with van der Waals surface area (Å²) in [4.78, 5) is 29.1. The molecule has 1 aliphatic carbocycles. The minimum Gasteiger partial charge on any atom is -0.479 e. The molecule has 0 aromatic carbocycles. The number of hydrogen-bond donors (Lipinski definition) is 1. The fourth-order valence-electron chi connectivity index (χ4n) is 2.51. The number of carboxylic acid groups (broad SMARTS) is 1. The second kappa shape index (κ2) is 5.06. The summed E-state index contributed by atoms with van der Waals surface area (Å²) in [5.74, 6) is -1.21. The minimum atomic E-state index is -1.06. The molecule has 1 fully saturated rings. The number of likely N-dealkylation sites (N-methyl/N-ethyl adjacent to an activating group) is 1. The van der Waals surface area contributed by atoms with Gasteiger partial charge in [-0.15, -0.1) is 11.3 Å². The molecular weight excluding hydrogens is 252 g/mol. The Morgan fingerprint density at radius 3 is 2.56 bits per heavy atom. The number of rotatable bonds is 3. The van der Waals surface area contributed by atoms with E-state index in [9.17, 15) is 14.7 Å². The molecular formula is C12H16N2O3S. The quantitative estimate of drug-likeness (QED) is 0.910. The molecule has 1 heterocycles. The van der Waals surface area contributed by atoms with Crippen LogP contribution in [0.5, 0.6) is 0 Å². The lowest BCUT2D eigenvalue weighted by molar-refractivity contribution is -0.151. The van der Waals surface area contributed by atoms with Crippen LogP contribution in [0.25, 0.3) is 0 Å². The number of carbonyl (C=O) groups excluding carboxylic acids is 1. The molecule has 0 bridgehead atoms. The van der Waals surface area contributed by atoms with E-state index in [1.165, 1.54) is 16.2 Å². The average molecular weight is 268 g/mol. The first-order valence-corrected chi connectivity index (χ1v) is 6.92. The lowest BCUT2D eigenvalue weighted by atomic mass is 9.80. The Labute approximate surface area is 109 Å². The van der Waals surface area contributed by atoms with Crippen molar-refractivity contribution >= 4 is 23.2 Å². The summed E-state index contributed by atoms with van der Waals surface area (Å²) >= 11 is 1.33. The van der Waals surface area contributed by atoms with Gasteiger partial charge in [-0.25, -0.2) is 9.78 Å². The van der Waals surface area contributed by atoms with Crippen LogP contribution in [-0.4, -0.2) is 39.5 Å². The van der Waals surface area contributed by atoms with Gasteiger partial charge >= 0.3 is 5.97 Å². The standard InChI is InChI=1S/C12H16N2O3S/c1-14(10(15)9-7-18-8-13-9)12(11(16)17)5-3-2-4-6-12/h7-8H,2-6H2,1H3,(H,16,17). The monoisotopic (exact) mass is 268 g/mol. The van der Waals surface area contributed by atoms with Gasteiger partial charge in [0.25, 0.3) is 5.91 Å². The molecule has 2 rings (SSSR count). The number of nitrogens with zero attached hydrogens (tertiary/aromatic N) is 2. The highest BCUT2D eigenvalue weighted by Crippen LogP contribution is 2.34. The summed E-state index contributed by atoms with van der Waals surface area (Å²) in [7, 11) is 1.57. The van der Waals surface area contributed by atoms with Gasteiger partial charge in [0.2, 0.25) is 0 Å². The average Bonchev–Trinajstić information content (AvgIpc) is 2.91. The first-order chi connectivity index (χ1) is 8.58. The highest BCUT2D eigenvalue weighted by atomic mass is 32.1. The number of amides is 1. The van der Waals surface area contributed by atoms with E-state index in [1.807, 2.05) is 0 Å². The molecule has 18 heavy (non-hydrogen) atoms. The van der Waals surface area contributed by atoms with E-state index in [-0.39, 0.29) is 5.91 Å². The lowest BCUT2D eigenvalue weighted by Crippen LogP contribution is -2.56. The Kier molecular flexibility index (Phi) is 3.65. The molecule has 1 aromatic heterocycles. The lowest BCUT2D eigenvalue weighted by Gasteiger charge is -2.40. The third-order valence-electron chi connectivity index (χ3n) is 3.68. The van der Waals surface area contributed by atoms with Crippen LogP contribution in [0, 0.1) is 0 Å². The van der Waals surface area contributed by atoms with E-state index in [4.69, 9.17) is 0 Å². The zero-order valence-electron chi connectivity index (χ0n) is 10.3. The van der Waals surface area contributed by atoms with Crippen molar-refractivity contribution in [2.75, 3.05) is 7.05 Å². The minimum absolute atomic E-state index is 0.305. The molecule has 0 radical (unpaired) electrons. The number of aliphatic carboxylic acids is 1. The van der Waals surface area contributed by atoms with Crippen molar-refractivity contribution in [1.29, 1.82) is 0 Å². The second-order valence-electron chi connectivity index (χ2n) is 4.64. The maximum Gasteiger partial charge on any atom is 0.329 e. The van der Waals surface area contributed by atoms with E-state index >= 15 is 0 Å². The van der Waals surface area contributed by atoms with Crippen molar-refractivity contribution < 1.29 is 14.7 Å². The Morgan fingerprint density at radius 2 is 2.06 bits per heavy atom. The Hall–Kier alpha value is -1.43. The molecule has 0 saturated heterocycles. The normalized spacial score (nSPS) is 18.3. The van der Waals surface area contributed by atoms with Gasteiger partial charge in [0.05, 0.1) is 5.51 Å². The summed E-state index contributed by atoms with van der Waals surface area (Å²) in [5, 5.41) is 11.1. The molecule has 1 amide bonds. The van der Waals surface area contributed by atoms with Crippen molar-refractivity contribution in [3.63, 3.8) is 0 Å². The summed E-state index contributed by atoms with van der Waals surface area (Å²) in [6.45, 7) is 0. The maximum atomic E-state index is 12.2. The molecule has 1 N–H and O–H groups in total. The van der Waals surface area contributed by atoms with Crippen LogP contribution < -0.4 is 0 Å². The van der Waals surface area contributed by atoms with E-state index in [1.54, 1.807) is 17.9 Å². The third-order valence-corrected chi connectivity index (χ3v) is 4.26. The first kappa shape index (κ1) is 13.0. The van der Waals surface area contributed by atoms with Crippen molar-refractivity contribution in [2.45, 2.75) is 37.6 Å². The highest BCUT2D eigenvalue weighted by Gasteiger charge is 2.45. The molecule has 5 nitrogen and oxygen atoms in total. The van der Waals surface area contributed by atoms with Crippen LogP contribution in [0.1, 0.15) is 42.6 Å². The molecule has 0 spiro atoms. The molecule has 0 atom stereocenters. The SMILES string of the molecule is CN(C(=O)c1cscn1)C1(C(=O)O)CCCCC1. The number of carbonyl (C=O) groups is 2. The summed E-state index contributed by atoms with van der Waals surface area (Å²) in [5.41, 5.74) is 0.850. The predicted octanol–water partition coefficient (Wildman–Crippen LogP) is 2.00. The van der Waals surface area contributed by atoms with E-state index in [0.29, 0.717) is 18.5 Å². The van der Waals surface area contributed by atoms with Crippen molar-refractivity contribution in [2.24, 2.45) is 0 Å². The second-order valence-corrected chi connectivity index (χ2v) is 5.35. The molecule has 1 aromatic rings. The molecule has 6 heteroatoms. The van der Waals surface area contributed by atoms with Gasteiger partial charge in [0.15, 0.2) is 0 Å². The van der Waals surface area contributed by atoms with Crippen LogP contribution in [-0.2, 0) is 4.79 Å². The van der Waals surface area contributed by atoms with Gasteiger partial charge in [-0.05, 0) is 12.8 Å². The Morgan fingerprint density at radius 1 is 1.39 bits per heavy atom. The van der Waals surface area contributed by atoms with Crippen LogP contribution in [0.3, 0.4) is 0 Å². The fraction of sp³-hybridized carbons (Fsp3) is 0.583. The largest absolute Gasteiger partial charge is 0.479 e. The molecule has 98 valence electrons. The van der Waals surface area contributed by atoms with Crippen molar-refractivity contribution in [3.05, 3.63) is 16.6 Å². The zero-order chi connectivity index (χ0) is 13.2. The topological polar surface area (TPSA) is 70.5 Å². The fourth-order valence-corrected chi connectivity index (χ4v) is 3.04. The number of carboxylic acids is 1. The summed E-state index contributed by atoms with van der Waals surface area (Å²) in [6.07, 6.45) is 3.78. The third kappa shape index (κ3) is 2.12.